The first-order chi connectivity index (χ1) is 38.0. The molecule has 0 N–H and O–H groups in total. The monoisotopic (exact) mass is 1070 g/mol. The van der Waals surface area contributed by atoms with Crippen LogP contribution in [-0.2, 0) is 28.6 Å². The van der Waals surface area contributed by atoms with Gasteiger partial charge in [0.25, 0.3) is 0 Å². The average molecular weight is 1080 g/mol. The van der Waals surface area contributed by atoms with Gasteiger partial charge < -0.3 is 14.2 Å². The van der Waals surface area contributed by atoms with Gasteiger partial charge in [0.2, 0.25) is 0 Å². The maximum Gasteiger partial charge on any atom is 0.306 e. The number of carbonyl (C=O) groups is 3. The lowest BCUT2D eigenvalue weighted by Gasteiger charge is -2.18. The molecule has 77 heavy (non-hydrogen) atoms. The van der Waals surface area contributed by atoms with Gasteiger partial charge in [-0.3, -0.25) is 14.4 Å². The van der Waals surface area contributed by atoms with E-state index in [2.05, 4.69) is 93.7 Å². The van der Waals surface area contributed by atoms with E-state index in [0.29, 0.717) is 19.3 Å². The standard InChI is InChI=1S/C71H126O6/c1-4-7-10-13-16-19-22-25-28-31-33-34-35-36-38-40-43-46-49-52-55-58-61-64-70(73)76-67-68(66-75-69(72)63-60-57-54-51-48-45-42-39-30-27-24-21-18-15-12-9-6-3)77-71(74)65-62-59-56-53-50-47-44-41-37-32-29-26-23-20-17-14-11-8-5-2/h7,10,16,19,25,27-28,30,33-34,36,38,68H,4-6,8-9,11-15,17-18,20-24,26,29,31-32,35,37,39-67H2,1-3H3/b10-7-,19-16-,28-25-,30-27-,34-33-,38-36-. The van der Waals surface area contributed by atoms with E-state index in [0.717, 1.165) is 96.3 Å². The van der Waals surface area contributed by atoms with E-state index < -0.39 is 6.10 Å². The fourth-order valence-corrected chi connectivity index (χ4v) is 9.70. The first kappa shape index (κ1) is 73.8. The highest BCUT2D eigenvalue weighted by atomic mass is 16.6. The van der Waals surface area contributed by atoms with E-state index in [9.17, 15) is 14.4 Å². The van der Waals surface area contributed by atoms with Gasteiger partial charge in [0.1, 0.15) is 13.2 Å². The molecule has 6 nitrogen and oxygen atoms in total. The van der Waals surface area contributed by atoms with Crippen LogP contribution in [-0.4, -0.2) is 37.2 Å². The van der Waals surface area contributed by atoms with Gasteiger partial charge in [0.15, 0.2) is 6.10 Å². The lowest BCUT2D eigenvalue weighted by Crippen LogP contribution is -2.30. The number of allylic oxidation sites excluding steroid dienone is 12. The van der Waals surface area contributed by atoms with E-state index in [1.807, 2.05) is 0 Å². The van der Waals surface area contributed by atoms with Gasteiger partial charge in [0.05, 0.1) is 0 Å². The highest BCUT2D eigenvalue weighted by Gasteiger charge is 2.19. The molecule has 0 saturated heterocycles. The SMILES string of the molecule is CC/C=C\C/C=C\C/C=C\C/C=C\C/C=C\CCCCCCCCCC(=O)OCC(COC(=O)CCCCCCCCC/C=C\CCCCCCCC)OC(=O)CCCCCCCCCCCCCCCCCCCCC. The summed E-state index contributed by atoms with van der Waals surface area (Å²) in [5, 5.41) is 0. The minimum absolute atomic E-state index is 0.0778. The van der Waals surface area contributed by atoms with E-state index >= 15 is 0 Å². The van der Waals surface area contributed by atoms with E-state index in [-0.39, 0.29) is 31.1 Å². The maximum atomic E-state index is 12.9. The zero-order valence-electron chi connectivity index (χ0n) is 51.2. The highest BCUT2D eigenvalue weighted by molar-refractivity contribution is 5.71. The van der Waals surface area contributed by atoms with Gasteiger partial charge >= 0.3 is 17.9 Å². The van der Waals surface area contributed by atoms with Crippen molar-refractivity contribution in [3.63, 3.8) is 0 Å². The van der Waals surface area contributed by atoms with Crippen LogP contribution in [0.4, 0.5) is 0 Å². The largest absolute Gasteiger partial charge is 0.462 e. The summed E-state index contributed by atoms with van der Waals surface area (Å²) >= 11 is 0. The molecule has 0 saturated carbocycles. The minimum atomic E-state index is -0.782. The van der Waals surface area contributed by atoms with Crippen molar-refractivity contribution in [2.75, 3.05) is 13.2 Å². The first-order valence-electron chi connectivity index (χ1n) is 33.4. The first-order valence-corrected chi connectivity index (χ1v) is 33.4. The number of ether oxygens (including phenoxy) is 3. The molecule has 0 aromatic heterocycles. The van der Waals surface area contributed by atoms with Crippen molar-refractivity contribution < 1.29 is 28.6 Å². The van der Waals surface area contributed by atoms with Gasteiger partial charge in [0, 0.05) is 19.3 Å². The zero-order valence-corrected chi connectivity index (χ0v) is 51.2. The molecule has 1 atom stereocenters. The predicted molar refractivity (Wildman–Crippen MR) is 335 cm³/mol. The quantitative estimate of drug-likeness (QED) is 0.0261. The minimum Gasteiger partial charge on any atom is -0.462 e. The number of hydrogen-bond donors (Lipinski definition) is 0. The second-order valence-corrected chi connectivity index (χ2v) is 22.4. The Morgan fingerprint density at radius 3 is 0.805 bits per heavy atom. The Hall–Kier alpha value is -3.15. The Bertz CT molecular complexity index is 1420. The van der Waals surface area contributed by atoms with Crippen molar-refractivity contribution in [3.05, 3.63) is 72.9 Å². The van der Waals surface area contributed by atoms with Crippen molar-refractivity contribution >= 4 is 17.9 Å². The molecule has 0 amide bonds. The number of hydrogen-bond acceptors (Lipinski definition) is 6. The summed E-state index contributed by atoms with van der Waals surface area (Å²) < 4.78 is 17.0. The van der Waals surface area contributed by atoms with Gasteiger partial charge in [-0.2, -0.15) is 0 Å². The van der Waals surface area contributed by atoms with Crippen molar-refractivity contribution in [1.82, 2.24) is 0 Å². The van der Waals surface area contributed by atoms with Crippen LogP contribution in [0.2, 0.25) is 0 Å². The molecule has 446 valence electrons. The maximum absolute atomic E-state index is 12.9. The number of rotatable bonds is 61. The Morgan fingerprint density at radius 2 is 0.506 bits per heavy atom. The van der Waals surface area contributed by atoms with Crippen LogP contribution in [0, 0.1) is 0 Å². The average Bonchev–Trinajstić information content (AvgIpc) is 3.43. The Labute approximate surface area is 478 Å². The molecule has 0 spiro atoms. The second kappa shape index (κ2) is 65.4. The molecular formula is C71H126O6. The van der Waals surface area contributed by atoms with Crippen LogP contribution >= 0.6 is 0 Å². The van der Waals surface area contributed by atoms with Gasteiger partial charge in [-0.1, -0.05) is 306 Å². The summed E-state index contributed by atoms with van der Waals surface area (Å²) in [6, 6.07) is 0. The summed E-state index contributed by atoms with van der Waals surface area (Å²) in [4.78, 5) is 38.4. The third-order valence-electron chi connectivity index (χ3n) is 14.7. The summed E-state index contributed by atoms with van der Waals surface area (Å²) in [7, 11) is 0. The molecule has 0 radical (unpaired) electrons. The van der Waals surface area contributed by atoms with Gasteiger partial charge in [-0.05, 0) is 89.9 Å². The van der Waals surface area contributed by atoms with Gasteiger partial charge in [-0.25, -0.2) is 0 Å². The Balaban J connectivity index is 4.37. The molecule has 6 heteroatoms. The Kier molecular flexibility index (Phi) is 62.7. The van der Waals surface area contributed by atoms with Crippen LogP contribution in [0.3, 0.4) is 0 Å². The molecule has 0 aliphatic rings. The fraction of sp³-hybridized carbons (Fsp3) is 0.789. The number of esters is 3. The predicted octanol–water partition coefficient (Wildman–Crippen LogP) is 22.9. The Morgan fingerprint density at radius 1 is 0.273 bits per heavy atom. The molecule has 0 heterocycles. The molecule has 0 aromatic carbocycles. The van der Waals surface area contributed by atoms with E-state index in [1.165, 1.54) is 205 Å². The summed E-state index contributed by atoms with van der Waals surface area (Å²) in [5.41, 5.74) is 0. The summed E-state index contributed by atoms with van der Waals surface area (Å²) in [6.07, 6.45) is 84.8. The van der Waals surface area contributed by atoms with Crippen LogP contribution in [0.5, 0.6) is 0 Å². The smallest absolute Gasteiger partial charge is 0.306 e. The lowest BCUT2D eigenvalue weighted by molar-refractivity contribution is -0.167. The molecule has 0 aliphatic carbocycles. The van der Waals surface area contributed by atoms with Crippen LogP contribution in [0.15, 0.2) is 72.9 Å². The number of carbonyl (C=O) groups excluding carboxylic acids is 3. The molecule has 0 aliphatic heterocycles. The van der Waals surface area contributed by atoms with Crippen molar-refractivity contribution in [2.45, 2.75) is 348 Å². The topological polar surface area (TPSA) is 78.9 Å². The molecule has 0 fully saturated rings. The summed E-state index contributed by atoms with van der Waals surface area (Å²) in [5.74, 6) is -0.873. The van der Waals surface area contributed by atoms with Crippen LogP contribution < -0.4 is 0 Å². The lowest BCUT2D eigenvalue weighted by atomic mass is 10.0. The zero-order chi connectivity index (χ0) is 55.7. The van der Waals surface area contributed by atoms with Crippen molar-refractivity contribution in [3.8, 4) is 0 Å². The fourth-order valence-electron chi connectivity index (χ4n) is 9.70. The van der Waals surface area contributed by atoms with E-state index in [1.54, 1.807) is 0 Å². The van der Waals surface area contributed by atoms with Crippen LogP contribution in [0.1, 0.15) is 342 Å². The summed E-state index contributed by atoms with van der Waals surface area (Å²) in [6.45, 7) is 6.56. The second-order valence-electron chi connectivity index (χ2n) is 22.4. The third-order valence-corrected chi connectivity index (χ3v) is 14.7. The van der Waals surface area contributed by atoms with E-state index in [4.69, 9.17) is 14.2 Å². The van der Waals surface area contributed by atoms with Crippen LogP contribution in [0.25, 0.3) is 0 Å². The third kappa shape index (κ3) is 63.6. The highest BCUT2D eigenvalue weighted by Crippen LogP contribution is 2.17. The molecule has 1 unspecified atom stereocenters. The molecule has 0 bridgehead atoms. The molecule has 0 aromatic rings. The normalized spacial score (nSPS) is 12.5. The number of unbranched alkanes of at least 4 members (excludes halogenated alkanes) is 38. The van der Waals surface area contributed by atoms with Crippen molar-refractivity contribution in [2.24, 2.45) is 0 Å². The van der Waals surface area contributed by atoms with Crippen molar-refractivity contribution in [1.29, 1.82) is 0 Å². The molecular weight excluding hydrogens is 949 g/mol. The molecule has 0 rings (SSSR count). The van der Waals surface area contributed by atoms with Gasteiger partial charge in [-0.15, -0.1) is 0 Å².